The number of hydrogen-bond acceptors (Lipinski definition) is 6. The van der Waals surface area contributed by atoms with Crippen LogP contribution in [-0.2, 0) is 4.79 Å². The molecule has 3 rings (SSSR count). The molecule has 1 amide bonds. The minimum Gasteiger partial charge on any atom is -0.493 e. The van der Waals surface area contributed by atoms with Crippen molar-refractivity contribution in [3.05, 3.63) is 28.6 Å². The first-order valence-corrected chi connectivity index (χ1v) is 7.44. The summed E-state index contributed by atoms with van der Waals surface area (Å²) in [4.78, 5) is 30.3. The summed E-state index contributed by atoms with van der Waals surface area (Å²) in [6.45, 7) is 3.93. The summed E-state index contributed by atoms with van der Waals surface area (Å²) < 4.78 is 5.72. The fraction of sp³-hybridized carbons (Fsp3) is 0.267. The fourth-order valence-corrected chi connectivity index (χ4v) is 2.22. The van der Waals surface area contributed by atoms with Crippen molar-refractivity contribution in [2.75, 3.05) is 11.9 Å². The molecule has 0 saturated carbocycles. The van der Waals surface area contributed by atoms with Crippen LogP contribution in [0.2, 0.25) is 0 Å². The molecule has 3 N–H and O–H groups in total. The first kappa shape index (κ1) is 15.7. The average molecular weight is 328 g/mol. The van der Waals surface area contributed by atoms with Crippen molar-refractivity contribution in [2.45, 2.75) is 20.3 Å². The average Bonchev–Trinajstić information content (AvgIpc) is 3.02. The van der Waals surface area contributed by atoms with Crippen LogP contribution in [-0.4, -0.2) is 37.9 Å². The summed E-state index contributed by atoms with van der Waals surface area (Å²) in [5.74, 6) is 0.647. The summed E-state index contributed by atoms with van der Waals surface area (Å²) in [6, 6.07) is 5.14. The van der Waals surface area contributed by atoms with E-state index in [4.69, 9.17) is 4.74 Å². The topological polar surface area (TPSA) is 126 Å². The molecular formula is C15H16N6O3. The lowest BCUT2D eigenvalue weighted by molar-refractivity contribution is -0.114. The Labute approximate surface area is 136 Å². The second-order valence-corrected chi connectivity index (χ2v) is 5.15. The number of rotatable bonds is 5. The number of carbonyl (C=O) groups excluding carboxylic acids is 1. The predicted octanol–water partition coefficient (Wildman–Crippen LogP) is 1.46. The Morgan fingerprint density at radius 2 is 2.17 bits per heavy atom. The Morgan fingerprint density at radius 3 is 2.92 bits per heavy atom. The van der Waals surface area contributed by atoms with Crippen molar-refractivity contribution in [3.8, 4) is 17.1 Å². The number of nitrogens with one attached hydrogen (secondary N) is 3. The van der Waals surface area contributed by atoms with E-state index < -0.39 is 5.56 Å². The molecule has 0 aliphatic carbocycles. The van der Waals surface area contributed by atoms with Crippen LogP contribution in [0, 0.1) is 0 Å². The van der Waals surface area contributed by atoms with Gasteiger partial charge in [0.1, 0.15) is 11.6 Å². The molecule has 24 heavy (non-hydrogen) atoms. The van der Waals surface area contributed by atoms with Gasteiger partial charge >= 0.3 is 0 Å². The molecule has 0 atom stereocenters. The normalized spacial score (nSPS) is 10.8. The van der Waals surface area contributed by atoms with E-state index in [-0.39, 0.29) is 17.1 Å². The van der Waals surface area contributed by atoms with E-state index in [1.807, 2.05) is 6.92 Å². The molecule has 0 aliphatic heterocycles. The van der Waals surface area contributed by atoms with Gasteiger partial charge in [-0.2, -0.15) is 5.21 Å². The zero-order valence-electron chi connectivity index (χ0n) is 13.2. The maximum atomic E-state index is 12.1. The van der Waals surface area contributed by atoms with Crippen molar-refractivity contribution >= 4 is 22.8 Å². The zero-order valence-corrected chi connectivity index (χ0v) is 13.2. The highest BCUT2D eigenvalue weighted by molar-refractivity contribution is 5.90. The molecule has 0 fully saturated rings. The lowest BCUT2D eigenvalue weighted by atomic mass is 10.1. The lowest BCUT2D eigenvalue weighted by Crippen LogP contribution is -2.11. The summed E-state index contributed by atoms with van der Waals surface area (Å²) in [5.41, 5.74) is 1.06. The van der Waals surface area contributed by atoms with Crippen LogP contribution in [0.3, 0.4) is 0 Å². The van der Waals surface area contributed by atoms with Gasteiger partial charge in [0.25, 0.3) is 5.56 Å². The van der Waals surface area contributed by atoms with Crippen molar-refractivity contribution in [1.29, 1.82) is 0 Å². The lowest BCUT2D eigenvalue weighted by Gasteiger charge is -2.12. The Balaban J connectivity index is 2.13. The third kappa shape index (κ3) is 3.09. The Morgan fingerprint density at radius 1 is 1.33 bits per heavy atom. The van der Waals surface area contributed by atoms with E-state index >= 15 is 0 Å². The number of fused-ring (bicyclic) bond motifs is 1. The molecule has 0 spiro atoms. The van der Waals surface area contributed by atoms with Gasteiger partial charge in [0.05, 0.1) is 12.2 Å². The SMILES string of the molecule is CCCOc1ccc(NC(C)=O)cc1-c1nc2n[nH]nc2c(=O)[nH]1. The number of benzene rings is 1. The molecule has 0 bridgehead atoms. The minimum absolute atomic E-state index is 0.132. The van der Waals surface area contributed by atoms with Crippen molar-refractivity contribution < 1.29 is 9.53 Å². The smallest absolute Gasteiger partial charge is 0.281 e. The number of aromatic amines is 2. The highest BCUT2D eigenvalue weighted by Crippen LogP contribution is 2.30. The molecule has 2 aromatic heterocycles. The van der Waals surface area contributed by atoms with Gasteiger partial charge in [-0.3, -0.25) is 9.59 Å². The van der Waals surface area contributed by atoms with E-state index in [0.29, 0.717) is 29.4 Å². The van der Waals surface area contributed by atoms with E-state index in [2.05, 4.69) is 30.7 Å². The molecular weight excluding hydrogens is 312 g/mol. The third-order valence-corrected chi connectivity index (χ3v) is 3.21. The van der Waals surface area contributed by atoms with Gasteiger partial charge in [-0.15, -0.1) is 10.2 Å². The minimum atomic E-state index is -0.407. The van der Waals surface area contributed by atoms with E-state index in [1.165, 1.54) is 6.92 Å². The highest BCUT2D eigenvalue weighted by Gasteiger charge is 2.14. The van der Waals surface area contributed by atoms with Crippen LogP contribution >= 0.6 is 0 Å². The van der Waals surface area contributed by atoms with Crippen molar-refractivity contribution in [3.63, 3.8) is 0 Å². The van der Waals surface area contributed by atoms with Gasteiger partial charge in [-0.25, -0.2) is 4.98 Å². The summed E-state index contributed by atoms with van der Waals surface area (Å²) in [5, 5.41) is 12.7. The number of aromatic nitrogens is 5. The standard InChI is InChI=1S/C15H16N6O3/c1-3-6-24-11-5-4-9(16-8(2)22)7-10(11)13-17-14-12(15(23)18-13)19-21-20-14/h4-5,7H,3,6H2,1-2H3,(H,16,22)(H2,17,18,19,20,21,23). The molecule has 0 saturated heterocycles. The molecule has 3 aromatic rings. The monoisotopic (exact) mass is 328 g/mol. The number of hydrogen-bond donors (Lipinski definition) is 3. The van der Waals surface area contributed by atoms with E-state index in [9.17, 15) is 9.59 Å². The first-order chi connectivity index (χ1) is 11.6. The van der Waals surface area contributed by atoms with Crippen LogP contribution in [0.5, 0.6) is 5.75 Å². The quantitative estimate of drug-likeness (QED) is 0.651. The molecule has 9 nitrogen and oxygen atoms in total. The number of ether oxygens (including phenoxy) is 1. The van der Waals surface area contributed by atoms with Gasteiger partial charge in [0.2, 0.25) is 11.6 Å². The largest absolute Gasteiger partial charge is 0.493 e. The summed E-state index contributed by atoms with van der Waals surface area (Å²) >= 11 is 0. The van der Waals surface area contributed by atoms with Gasteiger partial charge in [0.15, 0.2) is 5.52 Å². The number of H-pyrrole nitrogens is 2. The van der Waals surface area contributed by atoms with Crippen LogP contribution in [0.4, 0.5) is 5.69 Å². The molecule has 124 valence electrons. The fourth-order valence-electron chi connectivity index (χ4n) is 2.22. The van der Waals surface area contributed by atoms with E-state index in [1.54, 1.807) is 18.2 Å². The Kier molecular flexibility index (Phi) is 4.23. The molecule has 1 aromatic carbocycles. The van der Waals surface area contributed by atoms with Crippen LogP contribution in [0.25, 0.3) is 22.6 Å². The Bertz CT molecular complexity index is 946. The van der Waals surface area contributed by atoms with E-state index in [0.717, 1.165) is 6.42 Å². The number of anilines is 1. The van der Waals surface area contributed by atoms with Crippen LogP contribution in [0.1, 0.15) is 20.3 Å². The highest BCUT2D eigenvalue weighted by atomic mass is 16.5. The summed E-state index contributed by atoms with van der Waals surface area (Å²) in [6.07, 6.45) is 0.832. The third-order valence-electron chi connectivity index (χ3n) is 3.21. The number of nitrogens with zero attached hydrogens (tertiary/aromatic N) is 3. The number of carbonyl (C=O) groups is 1. The maximum absolute atomic E-state index is 12.1. The van der Waals surface area contributed by atoms with Gasteiger partial charge in [-0.1, -0.05) is 6.92 Å². The number of amides is 1. The molecule has 2 heterocycles. The second kappa shape index (κ2) is 6.49. The van der Waals surface area contributed by atoms with Gasteiger partial charge in [-0.05, 0) is 24.6 Å². The molecule has 0 unspecified atom stereocenters. The molecule has 0 aliphatic rings. The molecule has 9 heteroatoms. The van der Waals surface area contributed by atoms with Gasteiger partial charge < -0.3 is 15.0 Å². The van der Waals surface area contributed by atoms with Gasteiger partial charge in [0, 0.05) is 12.6 Å². The second-order valence-electron chi connectivity index (χ2n) is 5.15. The van der Waals surface area contributed by atoms with Crippen molar-refractivity contribution in [2.24, 2.45) is 0 Å². The Hall–Kier alpha value is -3.23. The maximum Gasteiger partial charge on any atom is 0.281 e. The summed E-state index contributed by atoms with van der Waals surface area (Å²) in [7, 11) is 0. The van der Waals surface area contributed by atoms with Crippen LogP contribution in [0.15, 0.2) is 23.0 Å². The van der Waals surface area contributed by atoms with Crippen LogP contribution < -0.4 is 15.6 Å². The molecule has 0 radical (unpaired) electrons. The zero-order chi connectivity index (χ0) is 17.1. The predicted molar refractivity (Wildman–Crippen MR) is 87.8 cm³/mol. The first-order valence-electron chi connectivity index (χ1n) is 7.44. The van der Waals surface area contributed by atoms with Crippen molar-refractivity contribution in [1.82, 2.24) is 25.4 Å².